The van der Waals surface area contributed by atoms with Gasteiger partial charge < -0.3 is 19.9 Å². The highest BCUT2D eigenvalue weighted by Gasteiger charge is 2.28. The highest BCUT2D eigenvalue weighted by atomic mass is 16.5. The highest BCUT2D eigenvalue weighted by Crippen LogP contribution is 2.37. The maximum atomic E-state index is 13.4. The molecule has 2 aromatic rings. The van der Waals surface area contributed by atoms with Crippen LogP contribution >= 0.6 is 0 Å². The Morgan fingerprint density at radius 1 is 1.16 bits per heavy atom. The van der Waals surface area contributed by atoms with Crippen LogP contribution in [-0.4, -0.2) is 49.1 Å². The van der Waals surface area contributed by atoms with E-state index in [1.54, 1.807) is 31.5 Å². The number of aromatic nitrogens is 1. The standard InChI is InChI=1S/C25H35N3O3/c1-25(2,3)21-15-16(19-8-7-13-26-23(19)29)14-20(22(21)31-6)24(30)27-17-9-11-18(12-10-17)28(4)5/h7-8,13-15,17-18H,9-12H2,1-6H3,(H,26,29)(H,27,30). The first-order valence-electron chi connectivity index (χ1n) is 11.0. The molecule has 1 amide bonds. The number of hydrogen-bond donors (Lipinski definition) is 2. The van der Waals surface area contributed by atoms with E-state index in [0.29, 0.717) is 28.5 Å². The number of aromatic amines is 1. The fourth-order valence-corrected chi connectivity index (χ4v) is 4.38. The molecular formula is C25H35N3O3. The molecule has 1 aliphatic carbocycles. The molecule has 1 aromatic carbocycles. The van der Waals surface area contributed by atoms with Gasteiger partial charge in [-0.3, -0.25) is 9.59 Å². The van der Waals surface area contributed by atoms with Gasteiger partial charge in [-0.25, -0.2) is 0 Å². The number of pyridine rings is 1. The molecule has 1 aliphatic rings. The van der Waals surface area contributed by atoms with Crippen LogP contribution in [0.3, 0.4) is 0 Å². The van der Waals surface area contributed by atoms with E-state index in [1.807, 2.05) is 6.07 Å². The zero-order chi connectivity index (χ0) is 22.8. The average Bonchev–Trinajstić information content (AvgIpc) is 2.72. The molecule has 2 N–H and O–H groups in total. The molecule has 0 atom stereocenters. The third kappa shape index (κ3) is 5.18. The summed E-state index contributed by atoms with van der Waals surface area (Å²) in [5, 5.41) is 3.22. The molecule has 0 radical (unpaired) electrons. The molecule has 3 rings (SSSR count). The third-order valence-corrected chi connectivity index (χ3v) is 6.24. The number of methoxy groups -OCH3 is 1. The van der Waals surface area contributed by atoms with Gasteiger partial charge >= 0.3 is 0 Å². The van der Waals surface area contributed by atoms with Crippen molar-refractivity contribution >= 4 is 5.91 Å². The first-order valence-corrected chi connectivity index (χ1v) is 11.0. The van der Waals surface area contributed by atoms with E-state index in [9.17, 15) is 9.59 Å². The largest absolute Gasteiger partial charge is 0.496 e. The summed E-state index contributed by atoms with van der Waals surface area (Å²) in [7, 11) is 5.82. The van der Waals surface area contributed by atoms with Crippen LogP contribution in [0.4, 0.5) is 0 Å². The van der Waals surface area contributed by atoms with Crippen LogP contribution in [0, 0.1) is 0 Å². The smallest absolute Gasteiger partial charge is 0.255 e. The molecule has 1 heterocycles. The van der Waals surface area contributed by atoms with Crippen molar-refractivity contribution in [3.05, 3.63) is 51.9 Å². The zero-order valence-corrected chi connectivity index (χ0v) is 19.5. The topological polar surface area (TPSA) is 74.4 Å². The third-order valence-electron chi connectivity index (χ3n) is 6.24. The number of ether oxygens (including phenoxy) is 1. The number of nitrogens with one attached hydrogen (secondary N) is 2. The number of hydrogen-bond acceptors (Lipinski definition) is 4. The molecule has 1 saturated carbocycles. The van der Waals surface area contributed by atoms with Gasteiger partial charge in [-0.1, -0.05) is 20.8 Å². The quantitative estimate of drug-likeness (QED) is 0.761. The lowest BCUT2D eigenvalue weighted by atomic mass is 9.83. The highest BCUT2D eigenvalue weighted by molar-refractivity contribution is 5.99. The lowest BCUT2D eigenvalue weighted by Crippen LogP contribution is -2.42. The second kappa shape index (κ2) is 9.27. The maximum absolute atomic E-state index is 13.4. The first-order chi connectivity index (χ1) is 14.6. The number of rotatable bonds is 5. The van der Waals surface area contributed by atoms with Gasteiger partial charge in [0.05, 0.1) is 12.7 Å². The fraction of sp³-hybridized carbons (Fsp3) is 0.520. The number of carbonyl (C=O) groups is 1. The van der Waals surface area contributed by atoms with E-state index in [0.717, 1.165) is 31.2 Å². The van der Waals surface area contributed by atoms with Crippen molar-refractivity contribution in [3.63, 3.8) is 0 Å². The van der Waals surface area contributed by atoms with Crippen molar-refractivity contribution in [3.8, 4) is 16.9 Å². The van der Waals surface area contributed by atoms with Crippen LogP contribution in [0.1, 0.15) is 62.4 Å². The predicted octanol–water partition coefficient (Wildman–Crippen LogP) is 3.95. The molecule has 6 nitrogen and oxygen atoms in total. The first kappa shape index (κ1) is 23.1. The molecule has 1 aromatic heterocycles. The molecule has 0 unspecified atom stereocenters. The van der Waals surface area contributed by atoms with Crippen LogP contribution in [0.2, 0.25) is 0 Å². The van der Waals surface area contributed by atoms with Crippen LogP contribution in [0.5, 0.6) is 5.75 Å². The lowest BCUT2D eigenvalue weighted by Gasteiger charge is -2.33. The van der Waals surface area contributed by atoms with Crippen molar-refractivity contribution in [2.45, 2.75) is 64.0 Å². The summed E-state index contributed by atoms with van der Waals surface area (Å²) in [5.74, 6) is 0.424. The predicted molar refractivity (Wildman–Crippen MR) is 125 cm³/mol. The minimum atomic E-state index is -0.262. The minimum Gasteiger partial charge on any atom is -0.496 e. The molecule has 1 fully saturated rings. The molecule has 0 bridgehead atoms. The average molecular weight is 426 g/mol. The van der Waals surface area contributed by atoms with Crippen molar-refractivity contribution in [1.82, 2.24) is 15.2 Å². The Morgan fingerprint density at radius 3 is 2.39 bits per heavy atom. The van der Waals surface area contributed by atoms with E-state index in [4.69, 9.17) is 4.74 Å². The number of benzene rings is 1. The van der Waals surface area contributed by atoms with Crippen LogP contribution in [0.15, 0.2) is 35.3 Å². The van der Waals surface area contributed by atoms with Crippen molar-refractivity contribution in [2.24, 2.45) is 0 Å². The Hall–Kier alpha value is -2.60. The van der Waals surface area contributed by atoms with E-state index in [-0.39, 0.29) is 22.9 Å². The van der Waals surface area contributed by atoms with Crippen molar-refractivity contribution < 1.29 is 9.53 Å². The Morgan fingerprint density at radius 2 is 1.84 bits per heavy atom. The number of carbonyl (C=O) groups excluding carboxylic acids is 1. The zero-order valence-electron chi connectivity index (χ0n) is 19.5. The Bertz CT molecular complexity index is 980. The van der Waals surface area contributed by atoms with Gasteiger partial charge in [0.25, 0.3) is 11.5 Å². The summed E-state index contributed by atoms with van der Waals surface area (Å²) in [6.07, 6.45) is 5.67. The molecule has 168 valence electrons. The van der Waals surface area contributed by atoms with Gasteiger partial charge in [-0.2, -0.15) is 0 Å². The van der Waals surface area contributed by atoms with Crippen LogP contribution < -0.4 is 15.6 Å². The lowest BCUT2D eigenvalue weighted by molar-refractivity contribution is 0.0913. The maximum Gasteiger partial charge on any atom is 0.255 e. The SMILES string of the molecule is COc1c(C(=O)NC2CCC(N(C)C)CC2)cc(-c2ccc[nH]c2=O)cc1C(C)(C)C. The van der Waals surface area contributed by atoms with Crippen molar-refractivity contribution in [1.29, 1.82) is 0 Å². The Labute approximate surface area is 185 Å². The summed E-state index contributed by atoms with van der Waals surface area (Å²) in [6, 6.07) is 8.03. The fourth-order valence-electron chi connectivity index (χ4n) is 4.38. The number of H-pyrrole nitrogens is 1. The Balaban J connectivity index is 1.98. The van der Waals surface area contributed by atoms with E-state index < -0.39 is 0 Å². The summed E-state index contributed by atoms with van der Waals surface area (Å²) in [6.45, 7) is 6.23. The van der Waals surface area contributed by atoms with Gasteiger partial charge in [-0.05, 0) is 75.0 Å². The minimum absolute atomic E-state index is 0.148. The van der Waals surface area contributed by atoms with Gasteiger partial charge in [0, 0.05) is 29.4 Å². The molecule has 0 aliphatic heterocycles. The van der Waals surface area contributed by atoms with Gasteiger partial charge in [0.2, 0.25) is 0 Å². The molecule has 6 heteroatoms. The monoisotopic (exact) mass is 425 g/mol. The summed E-state index contributed by atoms with van der Waals surface area (Å²) in [4.78, 5) is 30.8. The second-order valence-corrected chi connectivity index (χ2v) is 9.71. The molecule has 0 saturated heterocycles. The van der Waals surface area contributed by atoms with Gasteiger partial charge in [0.1, 0.15) is 5.75 Å². The van der Waals surface area contributed by atoms with E-state index in [1.165, 1.54) is 0 Å². The summed E-state index contributed by atoms with van der Waals surface area (Å²) < 4.78 is 5.73. The summed E-state index contributed by atoms with van der Waals surface area (Å²) >= 11 is 0. The van der Waals surface area contributed by atoms with Crippen LogP contribution in [0.25, 0.3) is 11.1 Å². The number of amides is 1. The van der Waals surface area contributed by atoms with Crippen LogP contribution in [-0.2, 0) is 5.41 Å². The Kier molecular flexibility index (Phi) is 6.90. The van der Waals surface area contributed by atoms with E-state index >= 15 is 0 Å². The normalized spacial score (nSPS) is 19.3. The number of nitrogens with zero attached hydrogens (tertiary/aromatic N) is 1. The van der Waals surface area contributed by atoms with E-state index in [2.05, 4.69) is 50.1 Å². The molecular weight excluding hydrogens is 390 g/mol. The molecule has 31 heavy (non-hydrogen) atoms. The van der Waals surface area contributed by atoms with Gasteiger partial charge in [-0.15, -0.1) is 0 Å². The summed E-state index contributed by atoms with van der Waals surface area (Å²) in [5.41, 5.74) is 2.19. The second-order valence-electron chi connectivity index (χ2n) is 9.71. The molecule has 0 spiro atoms. The van der Waals surface area contributed by atoms with Gasteiger partial charge in [0.15, 0.2) is 0 Å². The van der Waals surface area contributed by atoms with Crippen molar-refractivity contribution in [2.75, 3.05) is 21.2 Å².